The van der Waals surface area contributed by atoms with Crippen molar-refractivity contribution in [2.45, 2.75) is 32.4 Å². The third-order valence-corrected chi connectivity index (χ3v) is 5.19. The number of fused-ring (bicyclic) bond motifs is 1. The van der Waals surface area contributed by atoms with Gasteiger partial charge in [-0.3, -0.25) is 9.69 Å². The third-order valence-electron chi connectivity index (χ3n) is 5.19. The van der Waals surface area contributed by atoms with Crippen molar-refractivity contribution in [3.05, 3.63) is 59.7 Å². The fourth-order valence-corrected chi connectivity index (χ4v) is 3.92. The van der Waals surface area contributed by atoms with Crippen LogP contribution < -0.4 is 5.32 Å². The number of amides is 1. The number of nitrogens with zero attached hydrogens (tertiary/aromatic N) is 4. The van der Waals surface area contributed by atoms with Crippen LogP contribution in [0.2, 0.25) is 0 Å². The molecule has 0 unspecified atom stereocenters. The van der Waals surface area contributed by atoms with Crippen molar-refractivity contribution in [2.75, 3.05) is 19.6 Å². The van der Waals surface area contributed by atoms with Crippen LogP contribution in [0.3, 0.4) is 0 Å². The first-order valence-electron chi connectivity index (χ1n) is 9.63. The van der Waals surface area contributed by atoms with Gasteiger partial charge in [-0.05, 0) is 42.8 Å². The van der Waals surface area contributed by atoms with E-state index < -0.39 is 0 Å². The molecule has 3 aromatic rings. The highest BCUT2D eigenvalue weighted by Gasteiger charge is 2.28. The van der Waals surface area contributed by atoms with Gasteiger partial charge in [0.05, 0.1) is 12.2 Å². The van der Waals surface area contributed by atoms with Crippen molar-refractivity contribution >= 4 is 16.9 Å². The Morgan fingerprint density at radius 3 is 3.04 bits per heavy atom. The molecule has 3 heterocycles. The number of aromatic nitrogens is 3. The summed E-state index contributed by atoms with van der Waals surface area (Å²) in [5, 5.41) is 8.72. The van der Waals surface area contributed by atoms with Gasteiger partial charge in [-0.15, -0.1) is 0 Å². The molecule has 0 saturated carbocycles. The SMILES string of the molecule is CC(=O)NCCn1nc([C@H]2CCN(Cc3cccc(F)c3)C2)c2cccnc21. The van der Waals surface area contributed by atoms with Gasteiger partial charge in [-0.1, -0.05) is 12.1 Å². The van der Waals surface area contributed by atoms with E-state index in [1.54, 1.807) is 18.3 Å². The number of pyridine rings is 1. The topological polar surface area (TPSA) is 63.1 Å². The van der Waals surface area contributed by atoms with Crippen LogP contribution >= 0.6 is 0 Å². The van der Waals surface area contributed by atoms with Gasteiger partial charge in [0.1, 0.15) is 5.82 Å². The van der Waals surface area contributed by atoms with Crippen LogP contribution in [0.15, 0.2) is 42.6 Å². The largest absolute Gasteiger partial charge is 0.354 e. The summed E-state index contributed by atoms with van der Waals surface area (Å²) in [6, 6.07) is 10.8. The van der Waals surface area contributed by atoms with E-state index in [0.717, 1.165) is 48.3 Å². The number of halogens is 1. The van der Waals surface area contributed by atoms with Crippen molar-refractivity contribution in [1.29, 1.82) is 0 Å². The number of likely N-dealkylation sites (tertiary alicyclic amines) is 1. The number of nitrogens with one attached hydrogen (secondary N) is 1. The molecule has 1 aliphatic heterocycles. The molecule has 0 bridgehead atoms. The number of hydrogen-bond acceptors (Lipinski definition) is 4. The lowest BCUT2D eigenvalue weighted by Crippen LogP contribution is -2.25. The number of benzene rings is 1. The molecule has 6 nitrogen and oxygen atoms in total. The highest BCUT2D eigenvalue weighted by atomic mass is 19.1. The molecule has 1 atom stereocenters. The molecule has 1 fully saturated rings. The van der Waals surface area contributed by atoms with Crippen LogP contribution in [-0.4, -0.2) is 45.2 Å². The molecular weight excluding hydrogens is 357 g/mol. The lowest BCUT2D eigenvalue weighted by molar-refractivity contribution is -0.118. The van der Waals surface area contributed by atoms with Crippen molar-refractivity contribution in [3.8, 4) is 0 Å². The first-order valence-corrected chi connectivity index (χ1v) is 9.63. The average Bonchev–Trinajstić information content (AvgIpc) is 3.26. The van der Waals surface area contributed by atoms with Crippen LogP contribution in [0.25, 0.3) is 11.0 Å². The van der Waals surface area contributed by atoms with Crippen LogP contribution in [0.1, 0.15) is 30.5 Å². The van der Waals surface area contributed by atoms with Crippen molar-refractivity contribution in [1.82, 2.24) is 25.0 Å². The second-order valence-electron chi connectivity index (χ2n) is 7.32. The molecule has 1 saturated heterocycles. The van der Waals surface area contributed by atoms with Gasteiger partial charge in [0.2, 0.25) is 5.91 Å². The molecule has 0 spiro atoms. The van der Waals surface area contributed by atoms with E-state index in [-0.39, 0.29) is 11.7 Å². The molecule has 4 rings (SSSR count). The second-order valence-corrected chi connectivity index (χ2v) is 7.32. The van der Waals surface area contributed by atoms with Gasteiger partial charge in [0.15, 0.2) is 5.65 Å². The Labute approximate surface area is 163 Å². The zero-order chi connectivity index (χ0) is 19.5. The lowest BCUT2D eigenvalue weighted by Gasteiger charge is -2.15. The predicted octanol–water partition coefficient (Wildman–Crippen LogP) is 2.70. The molecule has 2 aromatic heterocycles. The number of hydrogen-bond donors (Lipinski definition) is 1. The number of carbonyl (C=O) groups excluding carboxylic acids is 1. The smallest absolute Gasteiger partial charge is 0.216 e. The zero-order valence-corrected chi connectivity index (χ0v) is 15.9. The van der Waals surface area contributed by atoms with E-state index in [2.05, 4.69) is 21.3 Å². The summed E-state index contributed by atoms with van der Waals surface area (Å²) in [6.07, 6.45) is 2.79. The maximum absolute atomic E-state index is 13.4. The maximum atomic E-state index is 13.4. The minimum absolute atomic E-state index is 0.0478. The van der Waals surface area contributed by atoms with Gasteiger partial charge in [-0.25, -0.2) is 14.1 Å². The predicted molar refractivity (Wildman–Crippen MR) is 105 cm³/mol. The molecule has 1 aromatic carbocycles. The average molecular weight is 381 g/mol. The lowest BCUT2D eigenvalue weighted by atomic mass is 10.0. The number of carbonyl (C=O) groups is 1. The van der Waals surface area contributed by atoms with Gasteiger partial charge in [0, 0.05) is 44.1 Å². The fraction of sp³-hybridized carbons (Fsp3) is 0.381. The van der Waals surface area contributed by atoms with Crippen LogP contribution in [0.5, 0.6) is 0 Å². The highest BCUT2D eigenvalue weighted by molar-refractivity contribution is 5.79. The Morgan fingerprint density at radius 1 is 1.32 bits per heavy atom. The summed E-state index contributed by atoms with van der Waals surface area (Å²) in [7, 11) is 0. The normalized spacial score (nSPS) is 17.3. The molecule has 7 heteroatoms. The summed E-state index contributed by atoms with van der Waals surface area (Å²) in [4.78, 5) is 18.0. The molecule has 28 heavy (non-hydrogen) atoms. The minimum atomic E-state index is -0.191. The van der Waals surface area contributed by atoms with E-state index in [1.165, 1.54) is 13.0 Å². The summed E-state index contributed by atoms with van der Waals surface area (Å²) in [6.45, 7) is 5.22. The summed E-state index contributed by atoms with van der Waals surface area (Å²) in [5.41, 5.74) is 2.91. The second kappa shape index (κ2) is 8.06. The van der Waals surface area contributed by atoms with Crippen molar-refractivity contribution < 1.29 is 9.18 Å². The molecule has 1 amide bonds. The fourth-order valence-electron chi connectivity index (χ4n) is 3.92. The van der Waals surface area contributed by atoms with Crippen LogP contribution in [0.4, 0.5) is 4.39 Å². The maximum Gasteiger partial charge on any atom is 0.216 e. The standard InChI is InChI=1S/C21H24FN5O/c1-15(28)23-9-11-27-21-19(6-3-8-24-21)20(25-27)17-7-10-26(14-17)13-16-4-2-5-18(22)12-16/h2-6,8,12,17H,7,9-11,13-14H2,1H3,(H,23,28)/t17-/m0/s1. The molecular formula is C21H24FN5O. The minimum Gasteiger partial charge on any atom is -0.354 e. The first kappa shape index (κ1) is 18.6. The Balaban J connectivity index is 1.50. The van der Waals surface area contributed by atoms with Crippen LogP contribution in [-0.2, 0) is 17.9 Å². The Bertz CT molecular complexity index is 986. The third kappa shape index (κ3) is 4.04. The van der Waals surface area contributed by atoms with E-state index in [0.29, 0.717) is 19.0 Å². The zero-order valence-electron chi connectivity index (χ0n) is 15.9. The van der Waals surface area contributed by atoms with E-state index in [4.69, 9.17) is 5.10 Å². The van der Waals surface area contributed by atoms with E-state index in [9.17, 15) is 9.18 Å². The van der Waals surface area contributed by atoms with Crippen molar-refractivity contribution in [2.24, 2.45) is 0 Å². The van der Waals surface area contributed by atoms with E-state index >= 15 is 0 Å². The van der Waals surface area contributed by atoms with Gasteiger partial charge in [-0.2, -0.15) is 5.10 Å². The Hall–Kier alpha value is -2.80. The van der Waals surface area contributed by atoms with Crippen molar-refractivity contribution in [3.63, 3.8) is 0 Å². The van der Waals surface area contributed by atoms with E-state index in [1.807, 2.05) is 16.8 Å². The summed E-state index contributed by atoms with van der Waals surface area (Å²) >= 11 is 0. The molecule has 1 aliphatic rings. The number of rotatable bonds is 6. The Kier molecular flexibility index (Phi) is 5.34. The summed E-state index contributed by atoms with van der Waals surface area (Å²) in [5.74, 6) is 0.0823. The summed E-state index contributed by atoms with van der Waals surface area (Å²) < 4.78 is 15.3. The van der Waals surface area contributed by atoms with Gasteiger partial charge >= 0.3 is 0 Å². The van der Waals surface area contributed by atoms with Gasteiger partial charge < -0.3 is 5.32 Å². The molecule has 146 valence electrons. The van der Waals surface area contributed by atoms with Gasteiger partial charge in [0.25, 0.3) is 0 Å². The Morgan fingerprint density at radius 2 is 2.21 bits per heavy atom. The monoisotopic (exact) mass is 381 g/mol. The molecule has 0 aliphatic carbocycles. The van der Waals surface area contributed by atoms with Crippen LogP contribution in [0, 0.1) is 5.82 Å². The molecule has 1 N–H and O–H groups in total. The molecule has 0 radical (unpaired) electrons. The highest BCUT2D eigenvalue weighted by Crippen LogP contribution is 2.31. The quantitative estimate of drug-likeness (QED) is 0.713. The first-order chi connectivity index (χ1) is 13.6.